The summed E-state index contributed by atoms with van der Waals surface area (Å²) >= 11 is 0. The molecule has 0 bridgehead atoms. The van der Waals surface area contributed by atoms with Gasteiger partial charge in [0.15, 0.2) is 0 Å². The Balaban J connectivity index is 3.01. The van der Waals surface area contributed by atoms with Gasteiger partial charge in [0.25, 0.3) is 0 Å². The summed E-state index contributed by atoms with van der Waals surface area (Å²) in [5.41, 5.74) is 2.47. The molecule has 0 saturated heterocycles. The third-order valence-corrected chi connectivity index (χ3v) is 3.04. The first kappa shape index (κ1) is 14.0. The standard InChI is InChI=1S/C13H26N4/c1-6-9-17(8-3)13-12(10-14-7-2)11(4)15-16(13)5/h14H,6-10H2,1-5H3. The van der Waals surface area contributed by atoms with Crippen LogP contribution in [-0.2, 0) is 13.6 Å². The lowest BCUT2D eigenvalue weighted by Gasteiger charge is -2.24. The highest BCUT2D eigenvalue weighted by Gasteiger charge is 2.17. The smallest absolute Gasteiger partial charge is 0.131 e. The second-order valence-corrected chi connectivity index (χ2v) is 4.37. The number of aromatic nitrogens is 2. The first-order chi connectivity index (χ1) is 8.15. The van der Waals surface area contributed by atoms with Crippen molar-refractivity contribution in [3.63, 3.8) is 0 Å². The number of hydrogen-bond donors (Lipinski definition) is 1. The van der Waals surface area contributed by atoms with E-state index in [9.17, 15) is 0 Å². The van der Waals surface area contributed by atoms with E-state index in [-0.39, 0.29) is 0 Å². The first-order valence-electron chi connectivity index (χ1n) is 6.63. The Hall–Kier alpha value is -1.03. The van der Waals surface area contributed by atoms with Crippen LogP contribution in [0.25, 0.3) is 0 Å². The van der Waals surface area contributed by atoms with E-state index >= 15 is 0 Å². The lowest BCUT2D eigenvalue weighted by Crippen LogP contribution is -2.27. The first-order valence-corrected chi connectivity index (χ1v) is 6.63. The molecule has 0 fully saturated rings. The predicted molar refractivity (Wildman–Crippen MR) is 73.5 cm³/mol. The van der Waals surface area contributed by atoms with Gasteiger partial charge in [-0.05, 0) is 26.8 Å². The van der Waals surface area contributed by atoms with Crippen molar-refractivity contribution in [2.75, 3.05) is 24.5 Å². The largest absolute Gasteiger partial charge is 0.357 e. The summed E-state index contributed by atoms with van der Waals surface area (Å²) < 4.78 is 2.02. The van der Waals surface area contributed by atoms with Crippen molar-refractivity contribution in [3.8, 4) is 0 Å². The average molecular weight is 238 g/mol. The van der Waals surface area contributed by atoms with Gasteiger partial charge in [-0.3, -0.25) is 4.68 Å². The molecule has 4 nitrogen and oxygen atoms in total. The minimum absolute atomic E-state index is 0.908. The Kier molecular flexibility index (Phi) is 5.48. The summed E-state index contributed by atoms with van der Waals surface area (Å²) in [4.78, 5) is 2.41. The summed E-state index contributed by atoms with van der Waals surface area (Å²) in [7, 11) is 2.04. The molecule has 17 heavy (non-hydrogen) atoms. The molecule has 1 rings (SSSR count). The normalized spacial score (nSPS) is 10.9. The minimum Gasteiger partial charge on any atom is -0.357 e. The van der Waals surface area contributed by atoms with Gasteiger partial charge in [0.2, 0.25) is 0 Å². The fraction of sp³-hybridized carbons (Fsp3) is 0.769. The molecule has 0 unspecified atom stereocenters. The van der Waals surface area contributed by atoms with Crippen molar-refractivity contribution in [3.05, 3.63) is 11.3 Å². The van der Waals surface area contributed by atoms with Crippen LogP contribution in [0.3, 0.4) is 0 Å². The van der Waals surface area contributed by atoms with Gasteiger partial charge in [0, 0.05) is 32.2 Å². The summed E-state index contributed by atoms with van der Waals surface area (Å²) in [6.07, 6.45) is 1.17. The highest BCUT2D eigenvalue weighted by Crippen LogP contribution is 2.23. The number of nitrogens with one attached hydrogen (secondary N) is 1. The maximum Gasteiger partial charge on any atom is 0.131 e. The summed E-state index contributed by atoms with van der Waals surface area (Å²) in [6, 6.07) is 0. The molecule has 1 N–H and O–H groups in total. The van der Waals surface area contributed by atoms with Crippen molar-refractivity contribution < 1.29 is 0 Å². The molecule has 4 heteroatoms. The van der Waals surface area contributed by atoms with Crippen LogP contribution in [-0.4, -0.2) is 29.4 Å². The van der Waals surface area contributed by atoms with Gasteiger partial charge in [0.1, 0.15) is 5.82 Å². The Morgan fingerprint density at radius 1 is 1.29 bits per heavy atom. The average Bonchev–Trinajstić information content (AvgIpc) is 2.58. The van der Waals surface area contributed by atoms with E-state index in [2.05, 4.69) is 43.0 Å². The molecule has 0 saturated carbocycles. The number of nitrogens with zero attached hydrogens (tertiary/aromatic N) is 3. The van der Waals surface area contributed by atoms with Crippen molar-refractivity contribution in [1.29, 1.82) is 0 Å². The molecule has 0 atom stereocenters. The second-order valence-electron chi connectivity index (χ2n) is 4.37. The molecule has 0 aliphatic rings. The third-order valence-electron chi connectivity index (χ3n) is 3.04. The predicted octanol–water partition coefficient (Wildman–Crippen LogP) is 2.07. The van der Waals surface area contributed by atoms with Crippen LogP contribution in [0.2, 0.25) is 0 Å². The number of aryl methyl sites for hydroxylation is 2. The molecule has 0 aliphatic heterocycles. The molecule has 98 valence electrons. The molecule has 1 aromatic rings. The van der Waals surface area contributed by atoms with Crippen LogP contribution in [0, 0.1) is 6.92 Å². The molecule has 0 spiro atoms. The van der Waals surface area contributed by atoms with Gasteiger partial charge in [-0.15, -0.1) is 0 Å². The number of anilines is 1. The van der Waals surface area contributed by atoms with Gasteiger partial charge in [-0.25, -0.2) is 0 Å². The van der Waals surface area contributed by atoms with E-state index < -0.39 is 0 Å². The van der Waals surface area contributed by atoms with Crippen molar-refractivity contribution in [1.82, 2.24) is 15.1 Å². The summed E-state index contributed by atoms with van der Waals surface area (Å²) in [5.74, 6) is 1.27. The Bertz CT molecular complexity index is 343. The topological polar surface area (TPSA) is 33.1 Å². The zero-order valence-electron chi connectivity index (χ0n) is 11.9. The Morgan fingerprint density at radius 2 is 2.00 bits per heavy atom. The maximum atomic E-state index is 4.55. The SMILES string of the molecule is CCCN(CC)c1c(CNCC)c(C)nn1C. The van der Waals surface area contributed by atoms with E-state index in [0.717, 1.165) is 31.9 Å². The van der Waals surface area contributed by atoms with Crippen LogP contribution >= 0.6 is 0 Å². The van der Waals surface area contributed by atoms with Crippen molar-refractivity contribution in [2.45, 2.75) is 40.7 Å². The van der Waals surface area contributed by atoms with Crippen LogP contribution < -0.4 is 10.2 Å². The second kappa shape index (κ2) is 6.64. The zero-order chi connectivity index (χ0) is 12.8. The van der Waals surface area contributed by atoms with E-state index in [1.165, 1.54) is 17.8 Å². The van der Waals surface area contributed by atoms with Crippen LogP contribution in [0.15, 0.2) is 0 Å². The quantitative estimate of drug-likeness (QED) is 0.789. The van der Waals surface area contributed by atoms with Crippen LogP contribution in [0.5, 0.6) is 0 Å². The van der Waals surface area contributed by atoms with Gasteiger partial charge >= 0.3 is 0 Å². The Morgan fingerprint density at radius 3 is 2.53 bits per heavy atom. The molecular formula is C13H26N4. The molecule has 1 aromatic heterocycles. The highest BCUT2D eigenvalue weighted by atomic mass is 15.4. The monoisotopic (exact) mass is 238 g/mol. The Labute approximate surface area is 105 Å². The van der Waals surface area contributed by atoms with Crippen molar-refractivity contribution in [2.24, 2.45) is 7.05 Å². The molecular weight excluding hydrogens is 212 g/mol. The van der Waals surface area contributed by atoms with E-state index in [4.69, 9.17) is 0 Å². The van der Waals surface area contributed by atoms with E-state index in [0.29, 0.717) is 0 Å². The molecule has 0 aromatic carbocycles. The van der Waals surface area contributed by atoms with Gasteiger partial charge in [0.05, 0.1) is 5.69 Å². The summed E-state index contributed by atoms with van der Waals surface area (Å²) in [5, 5.41) is 7.95. The lowest BCUT2D eigenvalue weighted by atomic mass is 10.2. The molecule has 0 aliphatic carbocycles. The van der Waals surface area contributed by atoms with Gasteiger partial charge in [-0.2, -0.15) is 5.10 Å². The minimum atomic E-state index is 0.908. The fourth-order valence-electron chi connectivity index (χ4n) is 2.23. The zero-order valence-corrected chi connectivity index (χ0v) is 11.9. The summed E-state index contributed by atoms with van der Waals surface area (Å²) in [6.45, 7) is 12.7. The van der Waals surface area contributed by atoms with E-state index in [1.807, 2.05) is 11.7 Å². The van der Waals surface area contributed by atoms with Crippen LogP contribution in [0.4, 0.5) is 5.82 Å². The van der Waals surface area contributed by atoms with E-state index in [1.54, 1.807) is 0 Å². The molecule has 0 radical (unpaired) electrons. The molecule has 0 amide bonds. The maximum absolute atomic E-state index is 4.55. The van der Waals surface area contributed by atoms with Crippen LogP contribution in [0.1, 0.15) is 38.4 Å². The number of rotatable bonds is 7. The lowest BCUT2D eigenvalue weighted by molar-refractivity contribution is 0.686. The number of hydrogen-bond acceptors (Lipinski definition) is 3. The molecule has 1 heterocycles. The third kappa shape index (κ3) is 3.22. The van der Waals surface area contributed by atoms with Gasteiger partial charge < -0.3 is 10.2 Å². The van der Waals surface area contributed by atoms with Crippen molar-refractivity contribution >= 4 is 5.82 Å². The highest BCUT2D eigenvalue weighted by molar-refractivity contribution is 5.50. The van der Waals surface area contributed by atoms with Gasteiger partial charge in [-0.1, -0.05) is 13.8 Å². The fourth-order valence-corrected chi connectivity index (χ4v) is 2.23.